The molecule has 7 aromatic rings. The van der Waals surface area contributed by atoms with Gasteiger partial charge in [-0.25, -0.2) is 4.98 Å². The Hall–Kier alpha value is -13.4. The Bertz CT molecular complexity index is 5280. The first-order valence-electron chi connectivity index (χ1n) is 43.7. The number of ketones is 1. The molecule has 3 aliphatic heterocycles. The highest BCUT2D eigenvalue weighted by atomic mass is 32.2. The Morgan fingerprint density at radius 1 is 0.511 bits per heavy atom. The number of carboxylic acids is 1. The number of carbonyl (C=O) groups excluding carboxylic acids is 16. The number of nitrogens with two attached hydrogens (primary N) is 3. The van der Waals surface area contributed by atoms with Crippen molar-refractivity contribution in [2.75, 3.05) is 67.6 Å². The van der Waals surface area contributed by atoms with Crippen molar-refractivity contribution in [1.29, 1.82) is 5.41 Å². The molecule has 4 bridgehead atoms. The van der Waals surface area contributed by atoms with Crippen LogP contribution in [0.1, 0.15) is 106 Å². The van der Waals surface area contributed by atoms with Gasteiger partial charge >= 0.3 is 5.97 Å². The number of fused-ring (bicyclic) bond motifs is 9. The van der Waals surface area contributed by atoms with Crippen molar-refractivity contribution in [1.82, 2.24) is 98.4 Å². The van der Waals surface area contributed by atoms with E-state index in [0.29, 0.717) is 44.2 Å². The van der Waals surface area contributed by atoms with E-state index in [1.54, 1.807) is 105 Å². The molecule has 6 heterocycles. The standard InChI is InChI=1S/C89H115N23O18S3/c1-51(2)32-65-83(125)103-63(23-24-78(119)120)82(124)104-64(38-73(90)114)72(113)36-56-44-131-29-25-75(116)110-48-111(50-112(49-110)77(118)27-31-133-46-71(96-39-53-16-7-4-8-17-53)88(130)108-69(37-57-42-94-47-100-57)87(129)107-68(86(128)106-65)35-55-41-98-61-21-12-10-19-59(55)61)76(117)26-30-132-45-70(79(91)121)109-84(126)66(33-52-14-5-3-6-15-52)101-74(115)43-99-81(123)62(22-13-28-95-89(92)93)102-85(127)67(105-80(56)122)34-54-40-97-60-20-11-9-18-58(54)60/h3-12,14-21,40-42,47,51,56,62-71,96-98H,13,22-39,43-46,48-50H2,1-2H3,(H2,90,114)(H2,91,121)(H,94,100)(H,99,123)(H,101,115)(H,102,127)(H,103,125)(H,104,124)(H,105,122)(H,106,128)(H,107,129)(H,108,130)(H,109,126)(H,119,120)(H4,92,93,95)/t56-,62+,63-,64-,65-,66-,67-,68-,69-,70-,71-/m0/s1. The van der Waals surface area contributed by atoms with Crippen molar-refractivity contribution in [3.8, 4) is 0 Å². The summed E-state index contributed by atoms with van der Waals surface area (Å²) in [6, 6.07) is 16.1. The van der Waals surface area contributed by atoms with Crippen LogP contribution in [-0.4, -0.2) is 274 Å². The predicted molar refractivity (Wildman–Crippen MR) is 496 cm³/mol. The molecule has 0 unspecified atom stereocenters. The maximum Gasteiger partial charge on any atom is 0.303 e. The van der Waals surface area contributed by atoms with E-state index in [-0.39, 0.29) is 132 Å². The summed E-state index contributed by atoms with van der Waals surface area (Å²) in [5.74, 6) is -18.9. The zero-order valence-electron chi connectivity index (χ0n) is 73.6. The summed E-state index contributed by atoms with van der Waals surface area (Å²) < 4.78 is 0. The van der Waals surface area contributed by atoms with Crippen LogP contribution in [0.25, 0.3) is 21.8 Å². The van der Waals surface area contributed by atoms with Crippen molar-refractivity contribution in [3.05, 3.63) is 162 Å². The number of imidazole rings is 1. The number of aliphatic carboxylic acids is 1. The number of carbonyl (C=O) groups is 17. The monoisotopic (exact) mass is 1890 g/mol. The van der Waals surface area contributed by atoms with Crippen molar-refractivity contribution in [3.63, 3.8) is 0 Å². The highest BCUT2D eigenvalue weighted by Crippen LogP contribution is 2.26. The fourth-order valence-corrected chi connectivity index (χ4v) is 18.2. The molecule has 3 saturated heterocycles. The Morgan fingerprint density at radius 3 is 1.53 bits per heavy atom. The van der Waals surface area contributed by atoms with Gasteiger partial charge in [0.2, 0.25) is 88.6 Å². The molecule has 41 nitrogen and oxygen atoms in total. The lowest BCUT2D eigenvalue weighted by atomic mass is 9.95. The SMILES string of the molecule is CC(C)C[C@@H]1NC(=O)[C@H](Cc2c[nH]c3ccccc23)NC(=O)[C@H](Cc2c[nH]cn2)NC(=O)[C@@H](NCc2ccccc2)CSCCC(=O)N2CN3CN(C2)C(=O)CCSC[C@@H](C(N)=O)NC(=O)[C@H](Cc2ccccc2)NC(=O)CNC(=O)[C@@H](CCCNC(=N)N)NC(=O)[C@H](Cc2c[nH]c4ccccc24)NC(=O)[C@H](CSCCC3=O)CC(=O)[C@H](CC(N)=O)NC(=O)[C@H](CCC(=O)O)NC1=O. The van der Waals surface area contributed by atoms with Gasteiger partial charge < -0.3 is 116 Å². The molecule has 0 radical (unpaired) electrons. The second kappa shape index (κ2) is 50.9. The van der Waals surface area contributed by atoms with E-state index in [1.807, 2.05) is 30.3 Å². The smallest absolute Gasteiger partial charge is 0.303 e. The van der Waals surface area contributed by atoms with Gasteiger partial charge in [-0.2, -0.15) is 35.3 Å². The number of H-pyrrole nitrogens is 3. The number of rotatable bonds is 23. The lowest BCUT2D eigenvalue weighted by Gasteiger charge is -2.42. The summed E-state index contributed by atoms with van der Waals surface area (Å²) in [6.45, 7) is 1.75. The van der Waals surface area contributed by atoms with Gasteiger partial charge in [-0.15, -0.1) is 0 Å². The quantitative estimate of drug-likeness (QED) is 0.0211. The molecule has 0 saturated carbocycles. The van der Waals surface area contributed by atoms with E-state index in [9.17, 15) is 48.3 Å². The molecule has 712 valence electrons. The third-order valence-corrected chi connectivity index (χ3v) is 25.6. The number of nitrogens with one attached hydrogen (secondary N) is 16. The maximum absolute atomic E-state index is 15.6. The highest BCUT2D eigenvalue weighted by molar-refractivity contribution is 7.99. The Kier molecular flexibility index (Phi) is 38.9. The van der Waals surface area contributed by atoms with Crippen LogP contribution in [0.3, 0.4) is 0 Å². The number of benzene rings is 4. The number of Topliss-reactive ketones (excluding diaryl/α,β-unsaturated/α-hetero) is 1. The molecule has 11 atom stereocenters. The molecular weight excluding hydrogens is 1780 g/mol. The number of nitrogens with zero attached hydrogens (tertiary/aromatic N) is 4. The molecule has 3 fully saturated rings. The van der Waals surface area contributed by atoms with Gasteiger partial charge in [0.1, 0.15) is 48.3 Å². The highest BCUT2D eigenvalue weighted by Gasteiger charge is 2.40. The summed E-state index contributed by atoms with van der Waals surface area (Å²) >= 11 is 3.21. The van der Waals surface area contributed by atoms with Crippen LogP contribution in [0.2, 0.25) is 0 Å². The summed E-state index contributed by atoms with van der Waals surface area (Å²) in [6.07, 6.45) is 0.731. The van der Waals surface area contributed by atoms with Crippen molar-refractivity contribution < 1.29 is 86.6 Å². The Morgan fingerprint density at radius 2 is 0.985 bits per heavy atom. The Labute approximate surface area is 779 Å². The molecule has 10 rings (SSSR count). The van der Waals surface area contributed by atoms with E-state index in [0.717, 1.165) is 29.1 Å². The second-order valence-corrected chi connectivity index (χ2v) is 36.5. The number of aromatic amines is 3. The molecule has 15 amide bonds. The van der Waals surface area contributed by atoms with Crippen molar-refractivity contribution in [2.24, 2.45) is 29.0 Å². The molecular formula is C89H115N23O18S3. The van der Waals surface area contributed by atoms with Gasteiger partial charge in [-0.3, -0.25) is 86.9 Å². The first kappa shape index (κ1) is 102. The van der Waals surface area contributed by atoms with Crippen LogP contribution in [-0.2, 0) is 114 Å². The summed E-state index contributed by atoms with van der Waals surface area (Å²) in [5.41, 5.74) is 21.3. The predicted octanol–water partition coefficient (Wildman–Crippen LogP) is -0.840. The summed E-state index contributed by atoms with van der Waals surface area (Å²) in [7, 11) is 0. The maximum atomic E-state index is 15.6. The molecule has 0 aliphatic carbocycles. The van der Waals surface area contributed by atoms with Crippen LogP contribution in [0.5, 0.6) is 0 Å². The molecule has 0 spiro atoms. The number of amides is 15. The average molecular weight is 1890 g/mol. The number of primary amides is 2. The lowest BCUT2D eigenvalue weighted by molar-refractivity contribution is -0.158. The number of aromatic nitrogens is 4. The minimum absolute atomic E-state index is 0.00317. The van der Waals surface area contributed by atoms with Crippen molar-refractivity contribution >= 4 is 163 Å². The summed E-state index contributed by atoms with van der Waals surface area (Å²) in [5, 5.41) is 51.8. The number of hydrogen-bond donors (Lipinski definition) is 20. The third kappa shape index (κ3) is 32.0. The topological polar surface area (TPSA) is 627 Å². The molecule has 133 heavy (non-hydrogen) atoms. The molecule has 44 heteroatoms. The van der Waals surface area contributed by atoms with Crippen LogP contribution in [0.15, 0.2) is 134 Å². The van der Waals surface area contributed by atoms with E-state index >= 15 is 38.4 Å². The zero-order chi connectivity index (χ0) is 95.6. The largest absolute Gasteiger partial charge is 0.481 e. The van der Waals surface area contributed by atoms with Crippen LogP contribution < -0.4 is 81.0 Å². The number of thioether (sulfide) groups is 3. The minimum atomic E-state index is -1.95. The molecule has 3 aromatic heterocycles. The van der Waals surface area contributed by atoms with E-state index in [1.165, 1.54) is 39.0 Å². The molecule has 3 aliphatic rings. The van der Waals surface area contributed by atoms with E-state index < -0.39 is 211 Å². The fraction of sp³-hybridized carbons (Fsp3) is 0.449. The minimum Gasteiger partial charge on any atom is -0.481 e. The summed E-state index contributed by atoms with van der Waals surface area (Å²) in [4.78, 5) is 266. The second-order valence-electron chi connectivity index (χ2n) is 33.0. The van der Waals surface area contributed by atoms with Crippen molar-refractivity contribution in [2.45, 2.75) is 171 Å². The number of carboxylic acid groups (broad SMARTS) is 1. The van der Waals surface area contributed by atoms with Crippen LogP contribution in [0.4, 0.5) is 0 Å². The lowest BCUT2D eigenvalue weighted by Crippen LogP contribution is -2.60. The molecule has 4 aromatic carbocycles. The van der Waals surface area contributed by atoms with Gasteiger partial charge in [-0.1, -0.05) is 111 Å². The number of hydrogen-bond acceptors (Lipinski definition) is 23. The third-order valence-electron chi connectivity index (χ3n) is 22.3. The van der Waals surface area contributed by atoms with Gasteiger partial charge in [0, 0.05) is 146 Å². The number of guanidine groups is 1. The van der Waals surface area contributed by atoms with Gasteiger partial charge in [0.05, 0.1) is 63.0 Å². The average Bonchev–Trinajstić information content (AvgIpc) is 1.80. The fourth-order valence-electron chi connectivity index (χ4n) is 15.2. The first-order chi connectivity index (χ1) is 63.8. The first-order valence-corrected chi connectivity index (χ1v) is 47.1. The van der Waals surface area contributed by atoms with Gasteiger partial charge in [0.15, 0.2) is 11.7 Å². The van der Waals surface area contributed by atoms with E-state index in [2.05, 4.69) is 83.7 Å². The Balaban J connectivity index is 1.04. The van der Waals surface area contributed by atoms with Gasteiger partial charge in [0.25, 0.3) is 0 Å². The van der Waals surface area contributed by atoms with Gasteiger partial charge in [-0.05, 0) is 66.0 Å². The van der Waals surface area contributed by atoms with Crippen LogP contribution >= 0.6 is 35.3 Å². The van der Waals surface area contributed by atoms with E-state index in [4.69, 9.17) is 22.6 Å². The normalized spacial score (nSPS) is 22.9. The number of para-hydroxylation sites is 2. The molecule has 23 N–H and O–H groups in total. The zero-order valence-corrected chi connectivity index (χ0v) is 76.1. The van der Waals surface area contributed by atoms with Crippen LogP contribution in [0, 0.1) is 17.2 Å².